The number of allylic oxidation sites excluding steroid dienone is 1. The fraction of sp³-hybridized carbons (Fsp3) is 0.625. The van der Waals surface area contributed by atoms with Gasteiger partial charge in [-0.05, 0) is 107 Å². The molecule has 0 aromatic heterocycles. The van der Waals surface area contributed by atoms with Crippen molar-refractivity contribution >= 4 is 29.8 Å². The molecule has 62 heavy (non-hydrogen) atoms. The van der Waals surface area contributed by atoms with Crippen molar-refractivity contribution < 1.29 is 52.8 Å². The van der Waals surface area contributed by atoms with Gasteiger partial charge in [0.15, 0.2) is 11.8 Å². The van der Waals surface area contributed by atoms with E-state index in [2.05, 4.69) is 28.9 Å². The van der Waals surface area contributed by atoms with Crippen molar-refractivity contribution in [2.45, 2.75) is 158 Å². The summed E-state index contributed by atoms with van der Waals surface area (Å²) in [7, 11) is 0. The number of hydroxylamine groups is 2. The second-order valence-electron chi connectivity index (χ2n) is 19.9. The van der Waals surface area contributed by atoms with E-state index in [1.54, 1.807) is 44.0 Å². The highest BCUT2D eigenvalue weighted by atomic mass is 16.8. The van der Waals surface area contributed by atoms with Crippen LogP contribution in [0.25, 0.3) is 6.08 Å². The van der Waals surface area contributed by atoms with E-state index in [9.17, 15) is 19.5 Å². The van der Waals surface area contributed by atoms with Crippen molar-refractivity contribution in [3.63, 3.8) is 0 Å². The van der Waals surface area contributed by atoms with Crippen molar-refractivity contribution in [2.75, 3.05) is 6.61 Å². The third kappa shape index (κ3) is 8.00. The molecule has 2 bridgehead atoms. The zero-order valence-corrected chi connectivity index (χ0v) is 35.8. The van der Waals surface area contributed by atoms with E-state index in [1.807, 2.05) is 24.3 Å². The van der Waals surface area contributed by atoms with Gasteiger partial charge in [-0.3, -0.25) is 24.0 Å². The van der Waals surface area contributed by atoms with Crippen LogP contribution in [-0.4, -0.2) is 101 Å². The molecule has 8 fully saturated rings. The number of nitrogens with zero attached hydrogens (tertiary/aromatic N) is 1. The number of carbonyl (C=O) groups is 4. The minimum absolute atomic E-state index is 0.0376. The number of hydrogen-bond donors (Lipinski definition) is 3. The molecule has 332 valence electrons. The number of rotatable bonds is 15. The molecule has 10 unspecified atom stereocenters. The van der Waals surface area contributed by atoms with Crippen molar-refractivity contribution in [3.8, 4) is 0 Å². The highest BCUT2D eigenvalue weighted by molar-refractivity contribution is 5.95. The number of esters is 2. The summed E-state index contributed by atoms with van der Waals surface area (Å²) >= 11 is 0. The molecule has 10 rings (SSSR count). The number of ether oxygens (including phenoxy) is 5. The van der Waals surface area contributed by atoms with Crippen LogP contribution in [0.3, 0.4) is 0 Å². The number of fused-ring (bicyclic) bond motifs is 5. The van der Waals surface area contributed by atoms with Gasteiger partial charge in [-0.2, -0.15) is 5.06 Å². The molecule has 4 aliphatic heterocycles. The van der Waals surface area contributed by atoms with Crippen molar-refractivity contribution in [2.24, 2.45) is 23.2 Å². The average Bonchev–Trinajstić information content (AvgIpc) is 4.16. The first-order valence-corrected chi connectivity index (χ1v) is 22.8. The highest BCUT2D eigenvalue weighted by Gasteiger charge is 2.78. The van der Waals surface area contributed by atoms with E-state index in [0.717, 1.165) is 56.1 Å². The van der Waals surface area contributed by atoms with Gasteiger partial charge in [-0.1, -0.05) is 48.6 Å². The van der Waals surface area contributed by atoms with Crippen molar-refractivity contribution in [3.05, 3.63) is 76.9 Å². The lowest BCUT2D eigenvalue weighted by Gasteiger charge is -2.48. The summed E-state index contributed by atoms with van der Waals surface area (Å²) in [6.07, 6.45) is 10.3. The summed E-state index contributed by atoms with van der Waals surface area (Å²) in [5, 5.41) is 17.6. The van der Waals surface area contributed by atoms with E-state index in [-0.39, 0.29) is 56.7 Å². The fourth-order valence-corrected chi connectivity index (χ4v) is 10.9. The largest absolute Gasteiger partial charge is 0.460 e. The first-order valence-electron chi connectivity index (χ1n) is 22.8. The number of benzene rings is 2. The number of epoxide rings is 1. The number of aliphatic hydroxyl groups is 1. The number of nitrogens with one attached hydrogen (secondary N) is 2. The smallest absolute Gasteiger partial charge is 0.327 e. The molecule has 4 saturated heterocycles. The van der Waals surface area contributed by atoms with E-state index in [0.29, 0.717) is 29.3 Å². The predicted molar refractivity (Wildman–Crippen MR) is 222 cm³/mol. The molecule has 4 saturated carbocycles. The van der Waals surface area contributed by atoms with Crippen LogP contribution in [-0.2, 0) is 56.0 Å². The van der Waals surface area contributed by atoms with Crippen LogP contribution in [0, 0.1) is 23.2 Å². The molecular formula is C48H59N3O11. The summed E-state index contributed by atoms with van der Waals surface area (Å²) in [4.78, 5) is 62.0. The maximum Gasteiger partial charge on any atom is 0.327 e. The van der Waals surface area contributed by atoms with Gasteiger partial charge in [-0.25, -0.2) is 0 Å². The minimum atomic E-state index is -1.35. The Bertz CT molecular complexity index is 2100. The Kier molecular flexibility index (Phi) is 10.9. The zero-order valence-electron chi connectivity index (χ0n) is 35.8. The van der Waals surface area contributed by atoms with E-state index < -0.39 is 71.1 Å². The molecule has 8 aliphatic rings. The number of aliphatic hydroxyl groups excluding tert-OH is 1. The lowest BCUT2D eigenvalue weighted by atomic mass is 9.62. The molecule has 4 aliphatic carbocycles. The molecule has 2 aromatic carbocycles. The molecule has 3 N–H and O–H groups in total. The van der Waals surface area contributed by atoms with Gasteiger partial charge in [0.25, 0.3) is 5.91 Å². The van der Waals surface area contributed by atoms with Crippen LogP contribution < -0.4 is 10.6 Å². The first-order chi connectivity index (χ1) is 29.8. The molecule has 0 radical (unpaired) electrons. The maximum absolute atomic E-state index is 15.1. The van der Waals surface area contributed by atoms with Gasteiger partial charge in [0.1, 0.15) is 35.4 Å². The molecule has 2 aromatic rings. The van der Waals surface area contributed by atoms with Gasteiger partial charge in [0.05, 0.1) is 31.4 Å². The Hall–Kier alpha value is -4.18. The topological polar surface area (TPSA) is 174 Å². The molecule has 14 nitrogen and oxygen atoms in total. The monoisotopic (exact) mass is 853 g/mol. The maximum atomic E-state index is 15.1. The molecule has 4 heterocycles. The summed E-state index contributed by atoms with van der Waals surface area (Å²) < 4.78 is 31.4. The Morgan fingerprint density at radius 2 is 1.74 bits per heavy atom. The molecular weight excluding hydrogens is 795 g/mol. The third-order valence-corrected chi connectivity index (χ3v) is 14.2. The Morgan fingerprint density at radius 3 is 2.48 bits per heavy atom. The third-order valence-electron chi connectivity index (χ3n) is 14.2. The Balaban J connectivity index is 0.883. The Labute approximate surface area is 362 Å². The van der Waals surface area contributed by atoms with Crippen LogP contribution in [0.2, 0.25) is 0 Å². The zero-order chi connectivity index (χ0) is 43.0. The summed E-state index contributed by atoms with van der Waals surface area (Å²) in [5.74, 6) is -1.51. The second-order valence-corrected chi connectivity index (χ2v) is 19.9. The lowest BCUT2D eigenvalue weighted by molar-refractivity contribution is -0.235. The molecule has 0 spiro atoms. The van der Waals surface area contributed by atoms with E-state index in [1.165, 1.54) is 0 Å². The highest BCUT2D eigenvalue weighted by Crippen LogP contribution is 2.64. The van der Waals surface area contributed by atoms with Gasteiger partial charge in [0, 0.05) is 36.8 Å². The average molecular weight is 854 g/mol. The Morgan fingerprint density at radius 1 is 0.968 bits per heavy atom. The normalized spacial score (nSPS) is 33.6. The first kappa shape index (κ1) is 41.8. The minimum Gasteiger partial charge on any atom is -0.460 e. The van der Waals surface area contributed by atoms with Gasteiger partial charge >= 0.3 is 11.9 Å². The van der Waals surface area contributed by atoms with Gasteiger partial charge in [0.2, 0.25) is 5.91 Å². The fourth-order valence-electron chi connectivity index (χ4n) is 10.9. The predicted octanol–water partition coefficient (Wildman–Crippen LogP) is 4.90. The molecule has 10 atom stereocenters. The van der Waals surface area contributed by atoms with Crippen molar-refractivity contribution in [1.29, 1.82) is 0 Å². The molecule has 2 amide bonds. The summed E-state index contributed by atoms with van der Waals surface area (Å²) in [6, 6.07) is 13.3. The van der Waals surface area contributed by atoms with Crippen LogP contribution in [0.1, 0.15) is 112 Å². The quantitative estimate of drug-likeness (QED) is 0.164. The SMILES string of the molecule is CC(C)(C)OC(=O)CCC(CO)NC(=O)c1cccc(CNC(=O)C23CC4OC(=O)C2N(Cc2ccccc2C=CC2CCC5OC5C2)OC3C2OC(C3CC3)(C3CC3)OC42)c1. The van der Waals surface area contributed by atoms with Crippen LogP contribution in [0.4, 0.5) is 0 Å². The number of carbonyl (C=O) groups excluding carboxylic acids is 4. The standard InChI is InChI=1S/C48H59N3O11/c1-46(2,3)59-38(53)20-18-34(26-52)50-43(54)30-10-6-7-28(21-30)24-49-45(56)47-23-37-39-40(61-48(60-39,32-14-15-32)33-16-17-33)42(47)62-51(41(47)44(55)58-37)25-31-9-5-4-8-29(31)13-11-27-12-19-35-36(22-27)57-35/h4-11,13,21,27,32-37,39-42,52H,12,14-20,22-26H2,1-3H3,(H,49,56)(H,50,54). The van der Waals surface area contributed by atoms with Crippen LogP contribution >= 0.6 is 0 Å². The number of amides is 2. The molecule has 14 heteroatoms. The van der Waals surface area contributed by atoms with Crippen LogP contribution in [0.5, 0.6) is 0 Å². The van der Waals surface area contributed by atoms with E-state index in [4.69, 9.17) is 28.5 Å². The van der Waals surface area contributed by atoms with Crippen molar-refractivity contribution in [1.82, 2.24) is 15.7 Å². The van der Waals surface area contributed by atoms with Gasteiger partial charge in [-0.15, -0.1) is 0 Å². The van der Waals surface area contributed by atoms with E-state index >= 15 is 4.79 Å². The van der Waals surface area contributed by atoms with Gasteiger partial charge < -0.3 is 39.4 Å². The van der Waals surface area contributed by atoms with Crippen LogP contribution in [0.15, 0.2) is 54.6 Å². The summed E-state index contributed by atoms with van der Waals surface area (Å²) in [6.45, 7) is 5.31. The summed E-state index contributed by atoms with van der Waals surface area (Å²) in [5.41, 5.74) is 0.980. The lowest BCUT2D eigenvalue weighted by Crippen LogP contribution is -2.69. The number of hydrogen-bond acceptors (Lipinski definition) is 12. The second kappa shape index (κ2) is 16.1.